The average Bonchev–Trinajstić information content (AvgIpc) is 2.49. The first-order valence-corrected chi connectivity index (χ1v) is 7.37. The van der Waals surface area contributed by atoms with Crippen LogP contribution in [-0.4, -0.2) is 47.1 Å². The lowest BCUT2D eigenvalue weighted by Gasteiger charge is -2.40. The van der Waals surface area contributed by atoms with Crippen LogP contribution in [0, 0.1) is 0 Å². The molecule has 0 atom stereocenters. The van der Waals surface area contributed by atoms with Gasteiger partial charge in [0, 0.05) is 31.5 Å². The van der Waals surface area contributed by atoms with Crippen LogP contribution in [-0.2, 0) is 0 Å². The molecule has 104 valence electrons. The highest BCUT2D eigenvalue weighted by molar-refractivity contribution is 5.35. The van der Waals surface area contributed by atoms with Gasteiger partial charge in [0.2, 0.25) is 0 Å². The molecule has 0 amide bonds. The molecule has 2 aliphatic heterocycles. The van der Waals surface area contributed by atoms with Crippen molar-refractivity contribution in [2.75, 3.05) is 31.1 Å². The van der Waals surface area contributed by atoms with Crippen LogP contribution in [0.25, 0.3) is 0 Å². The number of anilines is 1. The van der Waals surface area contributed by atoms with E-state index in [0.29, 0.717) is 11.9 Å². The van der Waals surface area contributed by atoms with Gasteiger partial charge in [0.05, 0.1) is 0 Å². The zero-order chi connectivity index (χ0) is 13.1. The summed E-state index contributed by atoms with van der Waals surface area (Å²) in [6, 6.07) is 0.708. The van der Waals surface area contributed by atoms with Gasteiger partial charge >= 0.3 is 0 Å². The molecule has 0 bridgehead atoms. The van der Waals surface area contributed by atoms with Crippen LogP contribution < -0.4 is 10.5 Å². The van der Waals surface area contributed by atoms with E-state index in [-0.39, 0.29) is 5.56 Å². The molecule has 2 aliphatic rings. The van der Waals surface area contributed by atoms with E-state index in [1.165, 1.54) is 32.4 Å². The molecule has 19 heavy (non-hydrogen) atoms. The molecule has 0 unspecified atom stereocenters. The van der Waals surface area contributed by atoms with Crippen molar-refractivity contribution in [1.82, 2.24) is 14.9 Å². The molecular weight excluding hydrogens is 240 g/mol. The third-order valence-corrected chi connectivity index (χ3v) is 4.36. The second kappa shape index (κ2) is 5.74. The van der Waals surface area contributed by atoms with Crippen molar-refractivity contribution in [3.05, 3.63) is 22.7 Å². The van der Waals surface area contributed by atoms with Crippen LogP contribution >= 0.6 is 0 Å². The molecule has 3 heterocycles. The maximum absolute atomic E-state index is 11.7. The van der Waals surface area contributed by atoms with Crippen molar-refractivity contribution in [1.29, 1.82) is 0 Å². The molecule has 1 aromatic heterocycles. The van der Waals surface area contributed by atoms with Gasteiger partial charge in [0.25, 0.3) is 5.56 Å². The number of rotatable bonds is 2. The third-order valence-electron chi connectivity index (χ3n) is 4.36. The Morgan fingerprint density at radius 3 is 2.53 bits per heavy atom. The number of aromatic nitrogens is 2. The molecule has 5 heteroatoms. The van der Waals surface area contributed by atoms with E-state index >= 15 is 0 Å². The van der Waals surface area contributed by atoms with Crippen LogP contribution in [0.5, 0.6) is 0 Å². The Morgan fingerprint density at radius 2 is 1.84 bits per heavy atom. The second-order valence-electron chi connectivity index (χ2n) is 5.56. The van der Waals surface area contributed by atoms with Gasteiger partial charge in [0.15, 0.2) is 5.82 Å². The normalized spacial score (nSPS) is 22.6. The summed E-state index contributed by atoms with van der Waals surface area (Å²) >= 11 is 0. The molecule has 3 rings (SSSR count). The fraction of sp³-hybridized carbons (Fsp3) is 0.714. The molecule has 2 fully saturated rings. The van der Waals surface area contributed by atoms with E-state index < -0.39 is 0 Å². The zero-order valence-electron chi connectivity index (χ0n) is 11.3. The number of hydrogen-bond acceptors (Lipinski definition) is 4. The minimum absolute atomic E-state index is 0.0704. The number of piperidine rings is 2. The summed E-state index contributed by atoms with van der Waals surface area (Å²) in [6.45, 7) is 4.41. The maximum atomic E-state index is 11.7. The molecule has 1 aromatic rings. The Bertz CT molecular complexity index is 459. The molecule has 2 saturated heterocycles. The molecule has 0 aliphatic carbocycles. The molecular formula is C14H22N4O. The SMILES string of the molecule is O=c1[nH]ccnc1N1CCC(N2CCCCC2)CC1. The van der Waals surface area contributed by atoms with Crippen molar-refractivity contribution in [3.8, 4) is 0 Å². The highest BCUT2D eigenvalue weighted by atomic mass is 16.1. The Balaban J connectivity index is 1.60. The van der Waals surface area contributed by atoms with E-state index in [0.717, 1.165) is 25.9 Å². The first-order valence-electron chi connectivity index (χ1n) is 7.37. The van der Waals surface area contributed by atoms with E-state index in [9.17, 15) is 4.79 Å². The topological polar surface area (TPSA) is 52.2 Å². The minimum atomic E-state index is -0.0704. The molecule has 1 N–H and O–H groups in total. The third kappa shape index (κ3) is 2.81. The smallest absolute Gasteiger partial charge is 0.290 e. The van der Waals surface area contributed by atoms with Gasteiger partial charge in [-0.05, 0) is 38.8 Å². The summed E-state index contributed by atoms with van der Waals surface area (Å²) in [5, 5.41) is 0. The highest BCUT2D eigenvalue weighted by Crippen LogP contribution is 2.22. The van der Waals surface area contributed by atoms with Gasteiger partial charge in [-0.3, -0.25) is 4.79 Å². The summed E-state index contributed by atoms with van der Waals surface area (Å²) in [4.78, 5) is 23.4. The Morgan fingerprint density at radius 1 is 1.11 bits per heavy atom. The molecule has 0 radical (unpaired) electrons. The molecule has 0 spiro atoms. The van der Waals surface area contributed by atoms with Crippen LogP contribution in [0.2, 0.25) is 0 Å². The highest BCUT2D eigenvalue weighted by Gasteiger charge is 2.26. The van der Waals surface area contributed by atoms with Crippen LogP contribution in [0.4, 0.5) is 5.82 Å². The number of likely N-dealkylation sites (tertiary alicyclic amines) is 1. The number of nitrogens with zero attached hydrogens (tertiary/aromatic N) is 3. The Labute approximate surface area is 113 Å². The van der Waals surface area contributed by atoms with Gasteiger partial charge in [-0.2, -0.15) is 0 Å². The number of H-pyrrole nitrogens is 1. The summed E-state index contributed by atoms with van der Waals surface area (Å²) in [5.41, 5.74) is -0.0704. The maximum Gasteiger partial charge on any atom is 0.290 e. The van der Waals surface area contributed by atoms with E-state index in [1.807, 2.05) is 0 Å². The van der Waals surface area contributed by atoms with Gasteiger partial charge in [-0.1, -0.05) is 6.42 Å². The standard InChI is InChI=1S/C14H22N4O/c19-14-13(15-6-7-16-14)18-10-4-12(5-11-18)17-8-2-1-3-9-17/h6-7,12H,1-5,8-11H2,(H,16,19). The molecule has 0 aromatic carbocycles. The predicted molar refractivity (Wildman–Crippen MR) is 75.5 cm³/mol. The Kier molecular flexibility index (Phi) is 3.82. The van der Waals surface area contributed by atoms with Crippen LogP contribution in [0.15, 0.2) is 17.2 Å². The van der Waals surface area contributed by atoms with Gasteiger partial charge in [0.1, 0.15) is 0 Å². The first-order chi connectivity index (χ1) is 9.34. The molecule has 0 saturated carbocycles. The summed E-state index contributed by atoms with van der Waals surface area (Å²) in [5.74, 6) is 0.583. The van der Waals surface area contributed by atoms with Crippen molar-refractivity contribution in [2.24, 2.45) is 0 Å². The largest absolute Gasteiger partial charge is 0.352 e. The number of aromatic amines is 1. The van der Waals surface area contributed by atoms with Crippen molar-refractivity contribution in [2.45, 2.75) is 38.1 Å². The van der Waals surface area contributed by atoms with Crippen molar-refractivity contribution < 1.29 is 0 Å². The Hall–Kier alpha value is -1.36. The monoisotopic (exact) mass is 262 g/mol. The molecule has 5 nitrogen and oxygen atoms in total. The van der Waals surface area contributed by atoms with E-state index in [4.69, 9.17) is 0 Å². The van der Waals surface area contributed by atoms with E-state index in [2.05, 4.69) is 19.8 Å². The predicted octanol–water partition coefficient (Wildman–Crippen LogP) is 1.22. The van der Waals surface area contributed by atoms with Crippen molar-refractivity contribution in [3.63, 3.8) is 0 Å². The lowest BCUT2D eigenvalue weighted by Crippen LogP contribution is -2.47. The lowest BCUT2D eigenvalue weighted by molar-refractivity contribution is 0.141. The second-order valence-corrected chi connectivity index (χ2v) is 5.56. The van der Waals surface area contributed by atoms with Crippen molar-refractivity contribution >= 4 is 5.82 Å². The summed E-state index contributed by atoms with van der Waals surface area (Å²) in [6.07, 6.45) is 9.63. The lowest BCUT2D eigenvalue weighted by atomic mass is 10.00. The first kappa shape index (κ1) is 12.7. The number of hydrogen-bond donors (Lipinski definition) is 1. The zero-order valence-corrected chi connectivity index (χ0v) is 11.3. The minimum Gasteiger partial charge on any atom is -0.352 e. The van der Waals surface area contributed by atoms with Gasteiger partial charge in [-0.25, -0.2) is 4.98 Å². The van der Waals surface area contributed by atoms with E-state index in [1.54, 1.807) is 12.4 Å². The summed E-state index contributed by atoms with van der Waals surface area (Å²) in [7, 11) is 0. The van der Waals surface area contributed by atoms with Crippen LogP contribution in [0.1, 0.15) is 32.1 Å². The van der Waals surface area contributed by atoms with Gasteiger partial charge in [-0.15, -0.1) is 0 Å². The summed E-state index contributed by atoms with van der Waals surface area (Å²) < 4.78 is 0. The fourth-order valence-electron chi connectivity index (χ4n) is 3.30. The van der Waals surface area contributed by atoms with Gasteiger partial charge < -0.3 is 14.8 Å². The quantitative estimate of drug-likeness (QED) is 0.871. The van der Waals surface area contributed by atoms with Crippen LogP contribution in [0.3, 0.4) is 0 Å². The fourth-order valence-corrected chi connectivity index (χ4v) is 3.30. The average molecular weight is 262 g/mol. The number of nitrogens with one attached hydrogen (secondary N) is 1.